The molecule has 0 aliphatic carbocycles. The van der Waals surface area contributed by atoms with Gasteiger partial charge >= 0.3 is 0 Å². The zero-order valence-corrected chi connectivity index (χ0v) is 11.9. The topological polar surface area (TPSA) is 64.3 Å². The molecule has 1 N–H and O–H groups in total. The summed E-state index contributed by atoms with van der Waals surface area (Å²) in [6.45, 7) is 3.57. The average molecular weight is 283 g/mol. The van der Waals surface area contributed by atoms with Gasteiger partial charge in [0.25, 0.3) is 0 Å². The molecule has 108 valence electrons. The Kier molecular flexibility index (Phi) is 2.96. The van der Waals surface area contributed by atoms with E-state index in [1.165, 1.54) is 0 Å². The minimum Gasteiger partial charge on any atom is -0.376 e. The third-order valence-corrected chi connectivity index (χ3v) is 3.91. The van der Waals surface area contributed by atoms with Gasteiger partial charge in [-0.25, -0.2) is 4.98 Å². The van der Waals surface area contributed by atoms with Crippen molar-refractivity contribution >= 4 is 22.5 Å². The first-order chi connectivity index (χ1) is 10.3. The first-order valence-corrected chi connectivity index (χ1v) is 7.29. The Hall–Kier alpha value is -2.21. The fourth-order valence-electron chi connectivity index (χ4n) is 2.86. The number of aromatic nitrogens is 4. The largest absolute Gasteiger partial charge is 0.376 e. The van der Waals surface area contributed by atoms with Crippen LogP contribution in [0.4, 0.5) is 5.82 Å². The predicted molar refractivity (Wildman–Crippen MR) is 80.5 cm³/mol. The van der Waals surface area contributed by atoms with Gasteiger partial charge in [0, 0.05) is 13.2 Å². The van der Waals surface area contributed by atoms with E-state index in [9.17, 15) is 0 Å². The number of rotatable bonds is 3. The number of ether oxygens (including phenoxy) is 1. The highest BCUT2D eigenvalue weighted by Gasteiger charge is 2.17. The standard InChI is InChI=1S/C15H17N5O/c1-10-18-19-15-14(16-9-11-5-4-8-21-11)17-12-6-2-3-7-13(12)20(10)15/h2-3,6-7,11H,4-5,8-9H2,1H3,(H,16,17). The van der Waals surface area contributed by atoms with Gasteiger partial charge in [-0.3, -0.25) is 4.40 Å². The van der Waals surface area contributed by atoms with Crippen LogP contribution in [0.3, 0.4) is 0 Å². The number of fused-ring (bicyclic) bond motifs is 3. The summed E-state index contributed by atoms with van der Waals surface area (Å²) in [5.74, 6) is 1.63. The van der Waals surface area contributed by atoms with Gasteiger partial charge in [-0.2, -0.15) is 0 Å². The van der Waals surface area contributed by atoms with Crippen LogP contribution in [0.25, 0.3) is 16.7 Å². The third-order valence-electron chi connectivity index (χ3n) is 3.91. The fraction of sp³-hybridized carbons (Fsp3) is 0.400. The summed E-state index contributed by atoms with van der Waals surface area (Å²) in [6, 6.07) is 8.04. The zero-order chi connectivity index (χ0) is 14.2. The lowest BCUT2D eigenvalue weighted by atomic mass is 10.2. The first kappa shape index (κ1) is 12.5. The molecule has 6 heteroatoms. The Balaban J connectivity index is 1.79. The van der Waals surface area contributed by atoms with Gasteiger partial charge < -0.3 is 10.1 Å². The van der Waals surface area contributed by atoms with Crippen LogP contribution in [0.15, 0.2) is 24.3 Å². The van der Waals surface area contributed by atoms with Crippen LogP contribution in [0.5, 0.6) is 0 Å². The van der Waals surface area contributed by atoms with E-state index in [0.29, 0.717) is 0 Å². The van der Waals surface area contributed by atoms with Crippen LogP contribution >= 0.6 is 0 Å². The molecule has 3 heterocycles. The van der Waals surface area contributed by atoms with E-state index < -0.39 is 0 Å². The molecule has 21 heavy (non-hydrogen) atoms. The molecular formula is C15H17N5O. The fourth-order valence-corrected chi connectivity index (χ4v) is 2.86. The van der Waals surface area contributed by atoms with E-state index in [1.807, 2.05) is 35.6 Å². The van der Waals surface area contributed by atoms with Crippen LogP contribution in [0.1, 0.15) is 18.7 Å². The predicted octanol–water partition coefficient (Wildman–Crippen LogP) is 2.18. The van der Waals surface area contributed by atoms with Crippen molar-refractivity contribution in [1.82, 2.24) is 19.6 Å². The van der Waals surface area contributed by atoms with E-state index in [4.69, 9.17) is 4.74 Å². The number of anilines is 1. The van der Waals surface area contributed by atoms with Gasteiger partial charge in [-0.1, -0.05) is 12.1 Å². The monoisotopic (exact) mass is 283 g/mol. The van der Waals surface area contributed by atoms with Crippen molar-refractivity contribution in [3.05, 3.63) is 30.1 Å². The second kappa shape index (κ2) is 4.96. The van der Waals surface area contributed by atoms with E-state index in [-0.39, 0.29) is 6.10 Å². The number of para-hydroxylation sites is 2. The molecule has 6 nitrogen and oxygen atoms in total. The summed E-state index contributed by atoms with van der Waals surface area (Å²) in [6.07, 6.45) is 2.50. The van der Waals surface area contributed by atoms with Crippen molar-refractivity contribution in [2.24, 2.45) is 0 Å². The average Bonchev–Trinajstić information content (AvgIpc) is 3.15. The lowest BCUT2D eigenvalue weighted by molar-refractivity contribution is 0.120. The summed E-state index contributed by atoms with van der Waals surface area (Å²) in [7, 11) is 0. The molecule has 0 amide bonds. The maximum Gasteiger partial charge on any atom is 0.204 e. The Morgan fingerprint density at radius 3 is 3.10 bits per heavy atom. The van der Waals surface area contributed by atoms with E-state index in [2.05, 4.69) is 20.5 Å². The smallest absolute Gasteiger partial charge is 0.204 e. The van der Waals surface area contributed by atoms with Gasteiger partial charge in [0.2, 0.25) is 5.65 Å². The van der Waals surface area contributed by atoms with Crippen LogP contribution < -0.4 is 5.32 Å². The SMILES string of the molecule is Cc1nnc2c(NCC3CCCO3)nc3ccccc3n12. The first-order valence-electron chi connectivity index (χ1n) is 7.29. The second-order valence-corrected chi connectivity index (χ2v) is 5.37. The highest BCUT2D eigenvalue weighted by Crippen LogP contribution is 2.22. The number of nitrogens with zero attached hydrogens (tertiary/aromatic N) is 4. The third kappa shape index (κ3) is 2.12. The van der Waals surface area contributed by atoms with E-state index in [1.54, 1.807) is 0 Å². The van der Waals surface area contributed by atoms with Crippen molar-refractivity contribution in [1.29, 1.82) is 0 Å². The molecule has 3 aromatic rings. The molecule has 1 aliphatic heterocycles. The van der Waals surface area contributed by atoms with Crippen LogP contribution in [-0.4, -0.2) is 38.8 Å². The Bertz CT molecular complexity index is 791. The molecule has 1 aromatic carbocycles. The summed E-state index contributed by atoms with van der Waals surface area (Å²) >= 11 is 0. The van der Waals surface area contributed by atoms with Gasteiger partial charge in [0.1, 0.15) is 5.82 Å². The maximum atomic E-state index is 5.65. The zero-order valence-electron chi connectivity index (χ0n) is 11.9. The van der Waals surface area contributed by atoms with Gasteiger partial charge in [0.05, 0.1) is 17.1 Å². The molecule has 0 saturated carbocycles. The van der Waals surface area contributed by atoms with Crippen LogP contribution in [-0.2, 0) is 4.74 Å². The van der Waals surface area contributed by atoms with E-state index in [0.717, 1.165) is 54.3 Å². The van der Waals surface area contributed by atoms with Gasteiger partial charge in [-0.15, -0.1) is 10.2 Å². The molecule has 0 radical (unpaired) electrons. The van der Waals surface area contributed by atoms with Gasteiger partial charge in [-0.05, 0) is 31.9 Å². The Labute approximate surface area is 122 Å². The lowest BCUT2D eigenvalue weighted by Crippen LogP contribution is -2.19. The number of aryl methyl sites for hydroxylation is 1. The molecule has 4 rings (SSSR count). The van der Waals surface area contributed by atoms with Crippen molar-refractivity contribution in [2.45, 2.75) is 25.9 Å². The van der Waals surface area contributed by atoms with Crippen molar-refractivity contribution in [3.63, 3.8) is 0 Å². The molecule has 1 fully saturated rings. The summed E-state index contributed by atoms with van der Waals surface area (Å²) in [4.78, 5) is 4.69. The molecule has 1 unspecified atom stereocenters. The summed E-state index contributed by atoms with van der Waals surface area (Å²) < 4.78 is 7.69. The van der Waals surface area contributed by atoms with Crippen LogP contribution in [0, 0.1) is 6.92 Å². The molecule has 0 spiro atoms. The normalized spacial score (nSPS) is 18.6. The molecule has 2 aromatic heterocycles. The molecule has 0 bridgehead atoms. The molecule has 1 aliphatic rings. The summed E-state index contributed by atoms with van der Waals surface area (Å²) in [5.41, 5.74) is 2.73. The highest BCUT2D eigenvalue weighted by atomic mass is 16.5. The minimum absolute atomic E-state index is 0.266. The van der Waals surface area contributed by atoms with Crippen LogP contribution in [0.2, 0.25) is 0 Å². The quantitative estimate of drug-likeness (QED) is 0.798. The van der Waals surface area contributed by atoms with Crippen molar-refractivity contribution in [3.8, 4) is 0 Å². The second-order valence-electron chi connectivity index (χ2n) is 5.37. The van der Waals surface area contributed by atoms with Gasteiger partial charge in [0.15, 0.2) is 5.82 Å². The highest BCUT2D eigenvalue weighted by molar-refractivity contribution is 5.82. The van der Waals surface area contributed by atoms with E-state index >= 15 is 0 Å². The Morgan fingerprint density at radius 1 is 1.33 bits per heavy atom. The number of hydrogen-bond donors (Lipinski definition) is 1. The maximum absolute atomic E-state index is 5.65. The van der Waals surface area contributed by atoms with Crippen molar-refractivity contribution < 1.29 is 4.74 Å². The summed E-state index contributed by atoms with van der Waals surface area (Å²) in [5, 5.41) is 11.8. The minimum atomic E-state index is 0.266. The molecule has 1 saturated heterocycles. The number of benzene rings is 1. The number of hydrogen-bond acceptors (Lipinski definition) is 5. The Morgan fingerprint density at radius 2 is 2.24 bits per heavy atom. The number of nitrogens with one attached hydrogen (secondary N) is 1. The molecule has 1 atom stereocenters. The molecular weight excluding hydrogens is 266 g/mol. The van der Waals surface area contributed by atoms with Crippen molar-refractivity contribution in [2.75, 3.05) is 18.5 Å². The lowest BCUT2D eigenvalue weighted by Gasteiger charge is -2.13.